The average Bonchev–Trinajstić information content (AvgIpc) is 2.47. The zero-order valence-electron chi connectivity index (χ0n) is 9.56. The molecule has 0 amide bonds. The van der Waals surface area contributed by atoms with E-state index in [4.69, 9.17) is 5.73 Å². The quantitative estimate of drug-likeness (QED) is 0.730. The number of hydrogen-bond acceptors (Lipinski definition) is 5. The van der Waals surface area contributed by atoms with Gasteiger partial charge in [0.25, 0.3) is 0 Å². The van der Waals surface area contributed by atoms with Crippen LogP contribution in [0.2, 0.25) is 0 Å². The Labute approximate surface area is 104 Å². The molecule has 0 aliphatic rings. The van der Waals surface area contributed by atoms with E-state index in [1.54, 1.807) is 24.8 Å². The Bertz CT molecular complexity index is 668. The van der Waals surface area contributed by atoms with Crippen LogP contribution in [0, 0.1) is 0 Å². The molecule has 1 atom stereocenters. The van der Waals surface area contributed by atoms with E-state index >= 15 is 0 Å². The van der Waals surface area contributed by atoms with Gasteiger partial charge in [-0.1, -0.05) is 6.07 Å². The van der Waals surface area contributed by atoms with Crippen LogP contribution in [0.3, 0.4) is 0 Å². The van der Waals surface area contributed by atoms with Gasteiger partial charge < -0.3 is 5.73 Å². The molecule has 0 aliphatic carbocycles. The van der Waals surface area contributed by atoms with Crippen LogP contribution in [0.5, 0.6) is 0 Å². The lowest BCUT2D eigenvalue weighted by Gasteiger charge is -2.11. The van der Waals surface area contributed by atoms with Crippen molar-refractivity contribution in [3.05, 3.63) is 60.4 Å². The highest BCUT2D eigenvalue weighted by atomic mass is 14.8. The summed E-state index contributed by atoms with van der Waals surface area (Å²) in [5.74, 6) is 0. The number of aromatic nitrogens is 4. The molecule has 3 aromatic rings. The number of fused-ring (bicyclic) bond motifs is 1. The van der Waals surface area contributed by atoms with Crippen molar-refractivity contribution in [2.45, 2.75) is 6.04 Å². The molecular formula is C13H11N5. The molecule has 0 saturated carbocycles. The standard InChI is InChI=1S/C13H11N5/c14-13(10-6-15-8-16-7-10)9-1-2-11-12(5-9)18-4-3-17-11/h1-8,13H,14H2. The molecule has 0 aliphatic heterocycles. The minimum absolute atomic E-state index is 0.252. The van der Waals surface area contributed by atoms with Gasteiger partial charge in [0.15, 0.2) is 0 Å². The SMILES string of the molecule is NC(c1cncnc1)c1ccc2nccnc2c1. The molecule has 2 aromatic heterocycles. The van der Waals surface area contributed by atoms with Crippen molar-refractivity contribution < 1.29 is 0 Å². The third kappa shape index (κ3) is 1.91. The summed E-state index contributed by atoms with van der Waals surface area (Å²) in [4.78, 5) is 16.4. The zero-order valence-corrected chi connectivity index (χ0v) is 9.56. The summed E-state index contributed by atoms with van der Waals surface area (Å²) >= 11 is 0. The summed E-state index contributed by atoms with van der Waals surface area (Å²) in [6, 6.07) is 5.56. The molecule has 0 radical (unpaired) electrons. The van der Waals surface area contributed by atoms with Gasteiger partial charge in [-0.25, -0.2) is 9.97 Å². The fourth-order valence-electron chi connectivity index (χ4n) is 1.84. The molecule has 2 heterocycles. The van der Waals surface area contributed by atoms with Gasteiger partial charge in [0.2, 0.25) is 0 Å². The predicted octanol–water partition coefficient (Wildman–Crippen LogP) is 1.47. The van der Waals surface area contributed by atoms with E-state index in [0.29, 0.717) is 0 Å². The molecule has 18 heavy (non-hydrogen) atoms. The Morgan fingerprint density at radius 3 is 2.39 bits per heavy atom. The van der Waals surface area contributed by atoms with Crippen molar-refractivity contribution in [3.8, 4) is 0 Å². The molecule has 5 heteroatoms. The second-order valence-corrected chi connectivity index (χ2v) is 3.95. The van der Waals surface area contributed by atoms with Crippen molar-refractivity contribution in [2.75, 3.05) is 0 Å². The van der Waals surface area contributed by atoms with Crippen LogP contribution in [0.4, 0.5) is 0 Å². The van der Waals surface area contributed by atoms with Crippen LogP contribution in [0.15, 0.2) is 49.3 Å². The van der Waals surface area contributed by atoms with Gasteiger partial charge in [-0.05, 0) is 17.7 Å². The lowest BCUT2D eigenvalue weighted by molar-refractivity contribution is 0.851. The second kappa shape index (κ2) is 4.46. The number of hydrogen-bond donors (Lipinski definition) is 1. The van der Waals surface area contributed by atoms with Gasteiger partial charge in [-0.3, -0.25) is 9.97 Å². The Balaban J connectivity index is 2.04. The third-order valence-corrected chi connectivity index (χ3v) is 2.79. The molecule has 0 spiro atoms. The minimum atomic E-state index is -0.252. The van der Waals surface area contributed by atoms with Crippen molar-refractivity contribution in [1.29, 1.82) is 0 Å². The first-order chi connectivity index (χ1) is 8.84. The molecule has 3 rings (SSSR count). The van der Waals surface area contributed by atoms with E-state index in [0.717, 1.165) is 22.2 Å². The summed E-state index contributed by atoms with van der Waals surface area (Å²) in [7, 11) is 0. The molecule has 2 N–H and O–H groups in total. The molecular weight excluding hydrogens is 226 g/mol. The van der Waals surface area contributed by atoms with E-state index in [1.807, 2.05) is 18.2 Å². The van der Waals surface area contributed by atoms with Crippen molar-refractivity contribution in [3.63, 3.8) is 0 Å². The van der Waals surface area contributed by atoms with Crippen molar-refractivity contribution in [2.24, 2.45) is 5.73 Å². The third-order valence-electron chi connectivity index (χ3n) is 2.79. The fraction of sp³-hybridized carbons (Fsp3) is 0.0769. The molecule has 0 saturated heterocycles. The first-order valence-corrected chi connectivity index (χ1v) is 5.56. The van der Waals surface area contributed by atoms with E-state index in [1.165, 1.54) is 6.33 Å². The molecule has 88 valence electrons. The van der Waals surface area contributed by atoms with Gasteiger partial charge in [0.05, 0.1) is 17.1 Å². The Morgan fingerprint density at radius 1 is 0.889 bits per heavy atom. The smallest absolute Gasteiger partial charge is 0.115 e. The highest BCUT2D eigenvalue weighted by Gasteiger charge is 2.10. The number of rotatable bonds is 2. The van der Waals surface area contributed by atoms with Crippen molar-refractivity contribution >= 4 is 11.0 Å². The van der Waals surface area contributed by atoms with Crippen LogP contribution in [-0.2, 0) is 0 Å². The summed E-state index contributed by atoms with van der Waals surface area (Å²) in [6.07, 6.45) is 8.27. The van der Waals surface area contributed by atoms with Gasteiger partial charge >= 0.3 is 0 Å². The van der Waals surface area contributed by atoms with E-state index < -0.39 is 0 Å². The van der Waals surface area contributed by atoms with Crippen LogP contribution >= 0.6 is 0 Å². The van der Waals surface area contributed by atoms with Crippen molar-refractivity contribution in [1.82, 2.24) is 19.9 Å². The maximum atomic E-state index is 6.18. The van der Waals surface area contributed by atoms with E-state index in [9.17, 15) is 0 Å². The maximum absolute atomic E-state index is 6.18. The average molecular weight is 237 g/mol. The second-order valence-electron chi connectivity index (χ2n) is 3.95. The number of nitrogens with zero attached hydrogens (tertiary/aromatic N) is 4. The Morgan fingerprint density at radius 2 is 1.61 bits per heavy atom. The Hall–Kier alpha value is -2.40. The molecule has 0 bridgehead atoms. The minimum Gasteiger partial charge on any atom is -0.320 e. The summed E-state index contributed by atoms with van der Waals surface area (Å²) in [6.45, 7) is 0. The van der Waals surface area contributed by atoms with E-state index in [-0.39, 0.29) is 6.04 Å². The normalized spacial score (nSPS) is 12.5. The topological polar surface area (TPSA) is 77.6 Å². The monoisotopic (exact) mass is 237 g/mol. The molecule has 1 unspecified atom stereocenters. The van der Waals surface area contributed by atoms with Crippen LogP contribution in [-0.4, -0.2) is 19.9 Å². The lowest BCUT2D eigenvalue weighted by atomic mass is 10.0. The summed E-state index contributed by atoms with van der Waals surface area (Å²) in [5.41, 5.74) is 9.72. The zero-order chi connectivity index (χ0) is 12.4. The van der Waals surface area contributed by atoms with Gasteiger partial charge in [0.1, 0.15) is 6.33 Å². The first kappa shape index (κ1) is 10.7. The first-order valence-electron chi connectivity index (χ1n) is 5.56. The largest absolute Gasteiger partial charge is 0.320 e. The summed E-state index contributed by atoms with van der Waals surface area (Å²) in [5, 5.41) is 0. The Kier molecular flexibility index (Phi) is 2.66. The molecule has 5 nitrogen and oxygen atoms in total. The fourth-order valence-corrected chi connectivity index (χ4v) is 1.84. The highest BCUT2D eigenvalue weighted by molar-refractivity contribution is 5.74. The highest BCUT2D eigenvalue weighted by Crippen LogP contribution is 2.20. The van der Waals surface area contributed by atoms with Crippen LogP contribution in [0.1, 0.15) is 17.2 Å². The summed E-state index contributed by atoms with van der Waals surface area (Å²) < 4.78 is 0. The van der Waals surface area contributed by atoms with Crippen LogP contribution < -0.4 is 5.73 Å². The number of benzene rings is 1. The van der Waals surface area contributed by atoms with Gasteiger partial charge in [0, 0.05) is 30.4 Å². The van der Waals surface area contributed by atoms with Crippen LogP contribution in [0.25, 0.3) is 11.0 Å². The molecule has 1 aromatic carbocycles. The molecule has 0 fully saturated rings. The van der Waals surface area contributed by atoms with Gasteiger partial charge in [-0.2, -0.15) is 0 Å². The maximum Gasteiger partial charge on any atom is 0.115 e. The number of nitrogens with two attached hydrogens (primary N) is 1. The van der Waals surface area contributed by atoms with Gasteiger partial charge in [-0.15, -0.1) is 0 Å². The predicted molar refractivity (Wildman–Crippen MR) is 67.6 cm³/mol. The van der Waals surface area contributed by atoms with E-state index in [2.05, 4.69) is 19.9 Å². The lowest BCUT2D eigenvalue weighted by Crippen LogP contribution is -2.12.